The quantitative estimate of drug-likeness (QED) is 0.548. The van der Waals surface area contributed by atoms with E-state index in [-0.39, 0.29) is 23.4 Å². The van der Waals surface area contributed by atoms with Gasteiger partial charge in [0.25, 0.3) is 11.8 Å². The van der Waals surface area contributed by atoms with Gasteiger partial charge in [-0.05, 0) is 37.1 Å². The molecule has 9 nitrogen and oxygen atoms in total. The predicted molar refractivity (Wildman–Crippen MR) is 107 cm³/mol. The zero-order valence-corrected chi connectivity index (χ0v) is 16.7. The molecule has 2 aromatic carbocycles. The first-order valence-electron chi connectivity index (χ1n) is 9.41. The second-order valence-corrected chi connectivity index (χ2v) is 6.94. The standard InChI is InChI=1S/C21H24N2O7/c1-29-16-4-3-5-17(30-2)18(16)20(27)22-13-6-8-23(9-7-13)21(28)12-10-14(24)19(26)15(25)11-12/h3-5,10-11,13,24-26H,6-9H2,1-2H3,(H,22,27). The van der Waals surface area contributed by atoms with E-state index in [2.05, 4.69) is 5.32 Å². The van der Waals surface area contributed by atoms with Crippen LogP contribution in [-0.4, -0.2) is 65.4 Å². The SMILES string of the molecule is COc1cccc(OC)c1C(=O)NC1CCN(C(=O)c2cc(O)c(O)c(O)c2)CC1. The van der Waals surface area contributed by atoms with Gasteiger partial charge in [-0.1, -0.05) is 6.07 Å². The highest BCUT2D eigenvalue weighted by atomic mass is 16.5. The molecule has 30 heavy (non-hydrogen) atoms. The first-order chi connectivity index (χ1) is 14.3. The number of carbonyl (C=O) groups is 2. The third kappa shape index (κ3) is 4.19. The molecular weight excluding hydrogens is 392 g/mol. The van der Waals surface area contributed by atoms with Gasteiger partial charge in [0, 0.05) is 24.7 Å². The average Bonchev–Trinajstić information content (AvgIpc) is 2.76. The van der Waals surface area contributed by atoms with Crippen molar-refractivity contribution in [2.45, 2.75) is 18.9 Å². The Morgan fingerprint density at radius 3 is 2.03 bits per heavy atom. The van der Waals surface area contributed by atoms with E-state index in [1.54, 1.807) is 23.1 Å². The van der Waals surface area contributed by atoms with Gasteiger partial charge in [0.1, 0.15) is 17.1 Å². The third-order valence-corrected chi connectivity index (χ3v) is 5.09. The van der Waals surface area contributed by atoms with E-state index in [1.165, 1.54) is 14.2 Å². The summed E-state index contributed by atoms with van der Waals surface area (Å²) >= 11 is 0. The first kappa shape index (κ1) is 21.1. The number of nitrogens with zero attached hydrogens (tertiary/aromatic N) is 1. The summed E-state index contributed by atoms with van der Waals surface area (Å²) in [4.78, 5) is 27.0. The Hall–Kier alpha value is -3.62. The maximum atomic E-state index is 12.8. The van der Waals surface area contributed by atoms with Crippen molar-refractivity contribution in [3.8, 4) is 28.7 Å². The number of carbonyl (C=O) groups excluding carboxylic acids is 2. The van der Waals surface area contributed by atoms with E-state index in [9.17, 15) is 24.9 Å². The number of ether oxygens (including phenoxy) is 2. The summed E-state index contributed by atoms with van der Waals surface area (Å²) < 4.78 is 10.5. The minimum Gasteiger partial charge on any atom is -0.504 e. The van der Waals surface area contributed by atoms with E-state index in [0.717, 1.165) is 12.1 Å². The van der Waals surface area contributed by atoms with Crippen LogP contribution in [0, 0.1) is 0 Å². The van der Waals surface area contributed by atoms with Crippen LogP contribution in [0.25, 0.3) is 0 Å². The topological polar surface area (TPSA) is 129 Å². The number of piperidine rings is 1. The molecule has 1 aliphatic heterocycles. The molecule has 0 aliphatic carbocycles. The number of nitrogens with one attached hydrogen (secondary N) is 1. The van der Waals surface area contributed by atoms with E-state index >= 15 is 0 Å². The number of aromatic hydroxyl groups is 3. The maximum absolute atomic E-state index is 12.8. The van der Waals surface area contributed by atoms with Gasteiger partial charge in [-0.3, -0.25) is 9.59 Å². The van der Waals surface area contributed by atoms with Gasteiger partial charge < -0.3 is 35.0 Å². The minimum atomic E-state index is -0.667. The number of likely N-dealkylation sites (tertiary alicyclic amines) is 1. The summed E-state index contributed by atoms with van der Waals surface area (Å²) in [6.45, 7) is 0.768. The van der Waals surface area contributed by atoms with Crippen LogP contribution in [0.3, 0.4) is 0 Å². The Labute approximate surface area is 173 Å². The normalized spacial score (nSPS) is 14.3. The molecule has 1 saturated heterocycles. The van der Waals surface area contributed by atoms with Gasteiger partial charge >= 0.3 is 0 Å². The molecule has 1 fully saturated rings. The molecular formula is C21H24N2O7. The van der Waals surface area contributed by atoms with Gasteiger partial charge in [-0.2, -0.15) is 0 Å². The second-order valence-electron chi connectivity index (χ2n) is 6.94. The Kier molecular flexibility index (Phi) is 6.20. The third-order valence-electron chi connectivity index (χ3n) is 5.09. The molecule has 0 aromatic heterocycles. The van der Waals surface area contributed by atoms with Crippen molar-refractivity contribution in [3.05, 3.63) is 41.5 Å². The van der Waals surface area contributed by atoms with E-state index in [0.29, 0.717) is 43.0 Å². The van der Waals surface area contributed by atoms with Crippen LogP contribution in [0.1, 0.15) is 33.6 Å². The number of hydrogen-bond acceptors (Lipinski definition) is 7. The maximum Gasteiger partial charge on any atom is 0.259 e. The molecule has 0 atom stereocenters. The fourth-order valence-corrected chi connectivity index (χ4v) is 3.47. The summed E-state index contributed by atoms with van der Waals surface area (Å²) in [6.07, 6.45) is 1.07. The number of amides is 2. The highest BCUT2D eigenvalue weighted by Gasteiger charge is 2.27. The predicted octanol–water partition coefficient (Wildman–Crippen LogP) is 1.86. The van der Waals surface area contributed by atoms with Crippen LogP contribution in [0.5, 0.6) is 28.7 Å². The molecule has 160 valence electrons. The summed E-state index contributed by atoms with van der Waals surface area (Å²) in [7, 11) is 2.96. The van der Waals surface area contributed by atoms with Crippen molar-refractivity contribution < 1.29 is 34.4 Å². The Morgan fingerprint density at radius 1 is 1.00 bits per heavy atom. The lowest BCUT2D eigenvalue weighted by Gasteiger charge is -2.32. The number of phenolic OH excluding ortho intramolecular Hbond substituents is 3. The molecule has 1 aliphatic rings. The Balaban J connectivity index is 1.64. The van der Waals surface area contributed by atoms with Gasteiger partial charge in [-0.25, -0.2) is 0 Å². The summed E-state index contributed by atoms with van der Waals surface area (Å²) in [5, 5.41) is 31.6. The smallest absolute Gasteiger partial charge is 0.259 e. The molecule has 3 rings (SSSR count). The van der Waals surface area contributed by atoms with Crippen molar-refractivity contribution in [2.24, 2.45) is 0 Å². The molecule has 0 bridgehead atoms. The molecule has 2 amide bonds. The van der Waals surface area contributed by atoms with Gasteiger partial charge in [0.05, 0.1) is 14.2 Å². The largest absolute Gasteiger partial charge is 0.504 e. The molecule has 0 spiro atoms. The highest BCUT2D eigenvalue weighted by Crippen LogP contribution is 2.36. The van der Waals surface area contributed by atoms with Crippen LogP contribution in [-0.2, 0) is 0 Å². The van der Waals surface area contributed by atoms with Crippen molar-refractivity contribution in [2.75, 3.05) is 27.3 Å². The number of hydrogen-bond donors (Lipinski definition) is 4. The number of rotatable bonds is 5. The number of phenols is 3. The molecule has 9 heteroatoms. The van der Waals surface area contributed by atoms with Crippen LogP contribution >= 0.6 is 0 Å². The lowest BCUT2D eigenvalue weighted by atomic mass is 10.0. The summed E-state index contributed by atoms with van der Waals surface area (Å²) in [5.74, 6) is -1.67. The minimum absolute atomic E-state index is 0.0732. The lowest BCUT2D eigenvalue weighted by Crippen LogP contribution is -2.46. The fourth-order valence-electron chi connectivity index (χ4n) is 3.47. The molecule has 1 heterocycles. The second kappa shape index (κ2) is 8.81. The van der Waals surface area contributed by atoms with E-state index in [1.807, 2.05) is 0 Å². The van der Waals surface area contributed by atoms with Crippen molar-refractivity contribution in [1.29, 1.82) is 0 Å². The number of methoxy groups -OCH3 is 2. The molecule has 0 unspecified atom stereocenters. The highest BCUT2D eigenvalue weighted by molar-refractivity contribution is 6.00. The van der Waals surface area contributed by atoms with Crippen LogP contribution in [0.4, 0.5) is 0 Å². The van der Waals surface area contributed by atoms with Gasteiger partial charge in [-0.15, -0.1) is 0 Å². The van der Waals surface area contributed by atoms with Crippen LogP contribution in [0.15, 0.2) is 30.3 Å². The Bertz CT molecular complexity index is 907. The number of benzene rings is 2. The van der Waals surface area contributed by atoms with Crippen molar-refractivity contribution in [1.82, 2.24) is 10.2 Å². The van der Waals surface area contributed by atoms with Gasteiger partial charge in [0.15, 0.2) is 17.2 Å². The van der Waals surface area contributed by atoms with E-state index in [4.69, 9.17) is 9.47 Å². The molecule has 2 aromatic rings. The zero-order chi connectivity index (χ0) is 21.8. The van der Waals surface area contributed by atoms with Crippen molar-refractivity contribution in [3.63, 3.8) is 0 Å². The Morgan fingerprint density at radius 2 is 1.53 bits per heavy atom. The van der Waals surface area contributed by atoms with Crippen molar-refractivity contribution >= 4 is 11.8 Å². The summed E-state index contributed by atoms with van der Waals surface area (Å²) in [6, 6.07) is 7.18. The summed E-state index contributed by atoms with van der Waals surface area (Å²) in [5.41, 5.74) is 0.389. The first-order valence-corrected chi connectivity index (χ1v) is 9.41. The van der Waals surface area contributed by atoms with E-state index < -0.39 is 17.2 Å². The zero-order valence-electron chi connectivity index (χ0n) is 16.7. The fraction of sp³-hybridized carbons (Fsp3) is 0.333. The van der Waals surface area contributed by atoms with Gasteiger partial charge in [0.2, 0.25) is 0 Å². The monoisotopic (exact) mass is 416 g/mol. The average molecular weight is 416 g/mol. The molecule has 0 saturated carbocycles. The van der Waals surface area contributed by atoms with Crippen LogP contribution in [0.2, 0.25) is 0 Å². The lowest BCUT2D eigenvalue weighted by molar-refractivity contribution is 0.0697. The molecule has 0 radical (unpaired) electrons. The van der Waals surface area contributed by atoms with Crippen LogP contribution < -0.4 is 14.8 Å². The molecule has 4 N–H and O–H groups in total.